The fraction of sp³-hybridized carbons (Fsp3) is 0.714. The van der Waals surface area contributed by atoms with E-state index in [-0.39, 0.29) is 34.6 Å². The number of piperidine rings is 1. The number of carbonyl (C=O) groups excluding carboxylic acids is 2. The maximum absolute atomic E-state index is 12.4. The number of nitrogens with one attached hydrogen (secondary N) is 4. The lowest BCUT2D eigenvalue weighted by Crippen LogP contribution is -2.46. The van der Waals surface area contributed by atoms with Crippen LogP contribution in [-0.2, 0) is 9.53 Å². The van der Waals surface area contributed by atoms with Crippen molar-refractivity contribution in [1.29, 1.82) is 10.8 Å². The second-order valence-corrected chi connectivity index (χ2v) is 9.46. The van der Waals surface area contributed by atoms with Crippen molar-refractivity contribution in [2.75, 3.05) is 19.6 Å². The first-order valence-corrected chi connectivity index (χ1v) is 11.0. The first-order chi connectivity index (χ1) is 14.0. The predicted molar refractivity (Wildman–Crippen MR) is 118 cm³/mol. The minimum atomic E-state index is -0.541. The molecule has 30 heavy (non-hydrogen) atoms. The number of amides is 2. The summed E-state index contributed by atoms with van der Waals surface area (Å²) in [6.45, 7) is 7.18. The third-order valence-corrected chi connectivity index (χ3v) is 5.32. The Labute approximate surface area is 183 Å². The molecule has 1 saturated carbocycles. The maximum Gasteiger partial charge on any atom is 0.410 e. The molecule has 0 spiro atoms. The van der Waals surface area contributed by atoms with Gasteiger partial charge in [0, 0.05) is 31.8 Å². The van der Waals surface area contributed by atoms with Crippen molar-refractivity contribution in [3.8, 4) is 0 Å². The number of allylic oxidation sites excluding steroid dienone is 1. The van der Waals surface area contributed by atoms with Gasteiger partial charge in [-0.2, -0.15) is 0 Å². The predicted octanol–water partition coefficient (Wildman–Crippen LogP) is 3.40. The summed E-state index contributed by atoms with van der Waals surface area (Å²) in [6.07, 6.45) is 6.76. The molecule has 0 aromatic heterocycles. The van der Waals surface area contributed by atoms with E-state index in [4.69, 9.17) is 27.2 Å². The van der Waals surface area contributed by atoms with Crippen LogP contribution in [0.25, 0.3) is 0 Å². The molecular formula is C21H34ClN5O3. The van der Waals surface area contributed by atoms with E-state index in [2.05, 4.69) is 10.6 Å². The van der Waals surface area contributed by atoms with E-state index in [1.807, 2.05) is 20.8 Å². The molecule has 2 fully saturated rings. The summed E-state index contributed by atoms with van der Waals surface area (Å²) in [4.78, 5) is 26.5. The number of rotatable bonds is 7. The molecule has 0 aromatic rings. The molecule has 168 valence electrons. The maximum atomic E-state index is 12.4. The molecule has 1 atom stereocenters. The van der Waals surface area contributed by atoms with Gasteiger partial charge in [-0.15, -0.1) is 0 Å². The third-order valence-electron chi connectivity index (χ3n) is 5.21. The number of hydrogen-bond donors (Lipinski definition) is 4. The minimum Gasteiger partial charge on any atom is -0.444 e. The van der Waals surface area contributed by atoms with Crippen molar-refractivity contribution in [2.24, 2.45) is 5.92 Å². The van der Waals surface area contributed by atoms with Crippen molar-refractivity contribution < 1.29 is 14.3 Å². The van der Waals surface area contributed by atoms with Gasteiger partial charge in [0.25, 0.3) is 5.91 Å². The van der Waals surface area contributed by atoms with Crippen LogP contribution in [0.5, 0.6) is 0 Å². The second kappa shape index (κ2) is 10.8. The molecule has 1 heterocycles. The van der Waals surface area contributed by atoms with Crippen LogP contribution >= 0.6 is 11.6 Å². The molecule has 2 amide bonds. The van der Waals surface area contributed by atoms with Crippen LogP contribution in [0.2, 0.25) is 0 Å². The molecule has 8 nitrogen and oxygen atoms in total. The molecule has 2 rings (SSSR count). The number of halogens is 1. The van der Waals surface area contributed by atoms with Crippen molar-refractivity contribution >= 4 is 34.5 Å². The normalized spacial score (nSPS) is 20.6. The highest BCUT2D eigenvalue weighted by molar-refractivity contribution is 6.68. The van der Waals surface area contributed by atoms with Crippen LogP contribution in [0.4, 0.5) is 4.79 Å². The van der Waals surface area contributed by atoms with E-state index >= 15 is 0 Å². The molecule has 9 heteroatoms. The van der Waals surface area contributed by atoms with Crippen LogP contribution in [0.15, 0.2) is 11.8 Å². The number of carbonyl (C=O) groups is 2. The molecule has 4 N–H and O–H groups in total. The molecule has 1 saturated heterocycles. The van der Waals surface area contributed by atoms with Crippen molar-refractivity contribution in [1.82, 2.24) is 15.5 Å². The number of likely N-dealkylation sites (tertiary alicyclic amines) is 1. The topological polar surface area (TPSA) is 118 Å². The molecule has 0 bridgehead atoms. The summed E-state index contributed by atoms with van der Waals surface area (Å²) in [6, 6.07) is 0.107. The van der Waals surface area contributed by atoms with Gasteiger partial charge in [-0.1, -0.05) is 24.4 Å². The van der Waals surface area contributed by atoms with Gasteiger partial charge in [-0.25, -0.2) is 4.79 Å². The van der Waals surface area contributed by atoms with Crippen molar-refractivity contribution in [3.05, 3.63) is 11.8 Å². The second-order valence-electron chi connectivity index (χ2n) is 9.05. The molecule has 1 unspecified atom stereocenters. The SMILES string of the molecule is CC(C)(C)OC(=O)N1CCCC(CN/C(=C/C(=N)Cl)C(=N)C(=O)NC2CCCC2)C1. The average Bonchev–Trinajstić information content (AvgIpc) is 3.16. The smallest absolute Gasteiger partial charge is 0.410 e. The summed E-state index contributed by atoms with van der Waals surface area (Å²) >= 11 is 5.71. The van der Waals surface area contributed by atoms with Crippen LogP contribution in [0.1, 0.15) is 59.3 Å². The Balaban J connectivity index is 1.93. The summed E-state index contributed by atoms with van der Waals surface area (Å²) < 4.78 is 5.46. The van der Waals surface area contributed by atoms with E-state index < -0.39 is 11.5 Å². The Hall–Kier alpha value is -2.09. The van der Waals surface area contributed by atoms with Gasteiger partial charge in [-0.05, 0) is 52.4 Å². The van der Waals surface area contributed by atoms with E-state index in [0.717, 1.165) is 38.5 Å². The number of ether oxygens (including phenoxy) is 1. The summed E-state index contributed by atoms with van der Waals surface area (Å²) in [5.74, 6) is -0.317. The Morgan fingerprint density at radius 3 is 2.43 bits per heavy atom. The quantitative estimate of drug-likeness (QED) is 0.454. The van der Waals surface area contributed by atoms with Gasteiger partial charge in [0.15, 0.2) is 0 Å². The minimum absolute atomic E-state index is 0.107. The van der Waals surface area contributed by atoms with E-state index in [1.165, 1.54) is 6.08 Å². The zero-order valence-corrected chi connectivity index (χ0v) is 18.9. The lowest BCUT2D eigenvalue weighted by atomic mass is 9.98. The van der Waals surface area contributed by atoms with Crippen LogP contribution < -0.4 is 10.6 Å². The van der Waals surface area contributed by atoms with Gasteiger partial charge < -0.3 is 20.3 Å². The lowest BCUT2D eigenvalue weighted by molar-refractivity contribution is -0.115. The Bertz CT molecular complexity index is 695. The van der Waals surface area contributed by atoms with Crippen LogP contribution in [-0.4, -0.2) is 59.1 Å². The van der Waals surface area contributed by atoms with Crippen molar-refractivity contribution in [2.45, 2.75) is 70.9 Å². The zero-order valence-electron chi connectivity index (χ0n) is 18.1. The zero-order chi connectivity index (χ0) is 22.3. The van der Waals surface area contributed by atoms with Gasteiger partial charge in [-0.3, -0.25) is 15.6 Å². The Morgan fingerprint density at radius 2 is 1.83 bits per heavy atom. The van der Waals surface area contributed by atoms with Crippen LogP contribution in [0.3, 0.4) is 0 Å². The molecule has 0 radical (unpaired) electrons. The molecule has 2 aliphatic rings. The highest BCUT2D eigenvalue weighted by Crippen LogP contribution is 2.20. The van der Waals surface area contributed by atoms with E-state index in [9.17, 15) is 9.59 Å². The Morgan fingerprint density at radius 1 is 1.17 bits per heavy atom. The fourth-order valence-corrected chi connectivity index (χ4v) is 3.88. The average molecular weight is 440 g/mol. The van der Waals surface area contributed by atoms with E-state index in [0.29, 0.717) is 19.6 Å². The molecule has 1 aliphatic heterocycles. The highest BCUT2D eigenvalue weighted by atomic mass is 35.5. The summed E-state index contributed by atoms with van der Waals surface area (Å²) in [5, 5.41) is 21.5. The largest absolute Gasteiger partial charge is 0.444 e. The summed E-state index contributed by atoms with van der Waals surface area (Å²) in [5.41, 5.74) is -0.548. The summed E-state index contributed by atoms with van der Waals surface area (Å²) in [7, 11) is 0. The number of hydrogen-bond acceptors (Lipinski definition) is 6. The highest BCUT2D eigenvalue weighted by Gasteiger charge is 2.28. The van der Waals surface area contributed by atoms with Gasteiger partial charge in [0.05, 0.1) is 5.70 Å². The lowest BCUT2D eigenvalue weighted by Gasteiger charge is -2.34. The first-order valence-electron chi connectivity index (χ1n) is 10.6. The van der Waals surface area contributed by atoms with Gasteiger partial charge >= 0.3 is 6.09 Å². The van der Waals surface area contributed by atoms with Gasteiger partial charge in [0.2, 0.25) is 0 Å². The van der Waals surface area contributed by atoms with Crippen LogP contribution in [0, 0.1) is 16.7 Å². The first kappa shape index (κ1) is 24.2. The Kier molecular flexibility index (Phi) is 8.70. The molecule has 1 aliphatic carbocycles. The monoisotopic (exact) mass is 439 g/mol. The van der Waals surface area contributed by atoms with Gasteiger partial charge in [0.1, 0.15) is 16.5 Å². The number of nitrogens with zero attached hydrogens (tertiary/aromatic N) is 1. The molecular weight excluding hydrogens is 406 g/mol. The fourth-order valence-electron chi connectivity index (χ4n) is 3.77. The van der Waals surface area contributed by atoms with E-state index in [1.54, 1.807) is 4.90 Å². The van der Waals surface area contributed by atoms with Crippen molar-refractivity contribution in [3.63, 3.8) is 0 Å². The molecule has 0 aromatic carbocycles. The standard InChI is InChI=1S/C21H34ClN5O3/c1-21(2,3)30-20(29)27-10-6-7-14(13-27)12-25-16(11-17(22)23)18(24)19(28)26-15-8-4-5-9-15/h11,14-15,23-25H,4-10,12-13H2,1-3H3,(H,26,28)/b16-11+,23-17?,24-18?. The third kappa shape index (κ3) is 7.97.